The van der Waals surface area contributed by atoms with Crippen LogP contribution in [0, 0.1) is 20.8 Å². The summed E-state index contributed by atoms with van der Waals surface area (Å²) in [5, 5.41) is 1.68. The third-order valence-corrected chi connectivity index (χ3v) is 7.60. The van der Waals surface area contributed by atoms with Crippen molar-refractivity contribution >= 4 is 22.2 Å². The van der Waals surface area contributed by atoms with Gasteiger partial charge in [-0.05, 0) is 56.5 Å². The summed E-state index contributed by atoms with van der Waals surface area (Å²) >= 11 is 1.66. The van der Waals surface area contributed by atoms with E-state index in [-0.39, 0.29) is 0 Å². The summed E-state index contributed by atoms with van der Waals surface area (Å²) in [6, 6.07) is 17.7. The molecule has 0 bridgehead atoms. The maximum atomic E-state index is 6.53. The van der Waals surface area contributed by atoms with Gasteiger partial charge in [0.1, 0.15) is 23.1 Å². The molecule has 5 rings (SSSR count). The van der Waals surface area contributed by atoms with Gasteiger partial charge in [0.2, 0.25) is 0 Å². The van der Waals surface area contributed by atoms with Crippen LogP contribution in [0.15, 0.2) is 60.8 Å². The smallest absolute Gasteiger partial charge is 0.163 e. The number of nitrogens with zero attached hydrogens (tertiary/aromatic N) is 3. The van der Waals surface area contributed by atoms with E-state index in [1.807, 2.05) is 75.4 Å². The fourth-order valence-corrected chi connectivity index (χ4v) is 5.11. The lowest BCUT2D eigenvalue weighted by molar-refractivity contribution is 0.285. The lowest BCUT2D eigenvalue weighted by Gasteiger charge is -2.15. The Morgan fingerprint density at radius 3 is 2.38 bits per heavy atom. The minimum absolute atomic E-state index is 0.434. The predicted molar refractivity (Wildman–Crippen MR) is 148 cm³/mol. The number of benzene rings is 2. The second-order valence-corrected chi connectivity index (χ2v) is 9.91. The molecule has 188 valence electrons. The molecule has 0 atom stereocenters. The van der Waals surface area contributed by atoms with Crippen molar-refractivity contribution in [2.45, 2.75) is 40.7 Å². The Morgan fingerprint density at radius 1 is 0.838 bits per heavy atom. The van der Waals surface area contributed by atoms with Crippen molar-refractivity contribution in [2.24, 2.45) is 0 Å². The standard InChI is InChI=1S/C30H29N3O3S/c1-6-28-20(4)33-30(37-28)29-27(14-18(2)19(3)32-29)36-24-12-13-31-23-16-26(25(34-5)15-22(23)24)35-17-21-10-8-7-9-11-21/h7-16H,6,17H2,1-5H3. The van der Waals surface area contributed by atoms with Gasteiger partial charge in [-0.2, -0.15) is 0 Å². The van der Waals surface area contributed by atoms with Gasteiger partial charge in [0.15, 0.2) is 17.2 Å². The summed E-state index contributed by atoms with van der Waals surface area (Å²) in [5.74, 6) is 2.56. The van der Waals surface area contributed by atoms with Gasteiger partial charge < -0.3 is 14.2 Å². The first kappa shape index (κ1) is 24.7. The van der Waals surface area contributed by atoms with Crippen LogP contribution in [0.2, 0.25) is 0 Å². The highest BCUT2D eigenvalue weighted by Crippen LogP contribution is 2.41. The van der Waals surface area contributed by atoms with Crippen LogP contribution in [-0.2, 0) is 13.0 Å². The number of thiazole rings is 1. The van der Waals surface area contributed by atoms with Gasteiger partial charge in [0.25, 0.3) is 0 Å². The minimum atomic E-state index is 0.434. The zero-order valence-corrected chi connectivity index (χ0v) is 22.5. The van der Waals surface area contributed by atoms with E-state index < -0.39 is 0 Å². The summed E-state index contributed by atoms with van der Waals surface area (Å²) in [6.45, 7) is 8.66. The van der Waals surface area contributed by atoms with Crippen LogP contribution in [0.4, 0.5) is 0 Å². The third kappa shape index (κ3) is 5.13. The lowest BCUT2D eigenvalue weighted by atomic mass is 10.1. The van der Waals surface area contributed by atoms with E-state index in [4.69, 9.17) is 24.2 Å². The van der Waals surface area contributed by atoms with Gasteiger partial charge in [-0.3, -0.25) is 4.98 Å². The lowest BCUT2D eigenvalue weighted by Crippen LogP contribution is -1.99. The largest absolute Gasteiger partial charge is 0.493 e. The van der Waals surface area contributed by atoms with Gasteiger partial charge in [-0.1, -0.05) is 37.3 Å². The normalized spacial score (nSPS) is 11.1. The monoisotopic (exact) mass is 511 g/mol. The average molecular weight is 512 g/mol. The molecule has 37 heavy (non-hydrogen) atoms. The molecule has 0 aliphatic rings. The molecule has 0 N–H and O–H groups in total. The van der Waals surface area contributed by atoms with Gasteiger partial charge in [-0.15, -0.1) is 11.3 Å². The summed E-state index contributed by atoms with van der Waals surface area (Å²) in [5.41, 5.74) is 5.61. The predicted octanol–water partition coefficient (Wildman–Crippen LogP) is 7.62. The number of methoxy groups -OCH3 is 1. The van der Waals surface area contributed by atoms with E-state index in [1.165, 1.54) is 4.88 Å². The highest BCUT2D eigenvalue weighted by Gasteiger charge is 2.19. The molecule has 0 unspecified atom stereocenters. The Hall–Kier alpha value is -3.97. The van der Waals surface area contributed by atoms with Crippen molar-refractivity contribution in [3.63, 3.8) is 0 Å². The molecule has 2 aromatic carbocycles. The number of ether oxygens (including phenoxy) is 3. The molecule has 6 nitrogen and oxygen atoms in total. The quantitative estimate of drug-likeness (QED) is 0.213. The van der Waals surface area contributed by atoms with E-state index in [9.17, 15) is 0 Å². The Bertz CT molecular complexity index is 1560. The van der Waals surface area contributed by atoms with Crippen LogP contribution in [-0.4, -0.2) is 22.1 Å². The molecule has 0 amide bonds. The molecule has 3 aromatic heterocycles. The van der Waals surface area contributed by atoms with E-state index in [0.717, 1.165) is 50.5 Å². The van der Waals surface area contributed by atoms with Gasteiger partial charge in [-0.25, -0.2) is 9.97 Å². The number of aromatic nitrogens is 3. The first-order chi connectivity index (χ1) is 18.0. The topological polar surface area (TPSA) is 66.4 Å². The van der Waals surface area contributed by atoms with Crippen molar-refractivity contribution in [1.82, 2.24) is 15.0 Å². The number of hydrogen-bond acceptors (Lipinski definition) is 7. The van der Waals surface area contributed by atoms with E-state index >= 15 is 0 Å². The Morgan fingerprint density at radius 2 is 1.65 bits per heavy atom. The minimum Gasteiger partial charge on any atom is -0.493 e. The highest BCUT2D eigenvalue weighted by molar-refractivity contribution is 7.15. The molecule has 7 heteroatoms. The molecule has 0 radical (unpaired) electrons. The zero-order valence-electron chi connectivity index (χ0n) is 21.7. The second kappa shape index (κ2) is 10.6. The second-order valence-electron chi connectivity index (χ2n) is 8.82. The van der Waals surface area contributed by atoms with Crippen LogP contribution in [0.3, 0.4) is 0 Å². The number of rotatable bonds is 8. The summed E-state index contributed by atoms with van der Waals surface area (Å²) < 4.78 is 18.3. The van der Waals surface area contributed by atoms with Gasteiger partial charge in [0, 0.05) is 28.2 Å². The SMILES string of the molecule is CCc1sc(-c2nc(C)c(C)cc2Oc2ccnc3cc(OCc4ccccc4)c(OC)cc23)nc1C. The van der Waals surface area contributed by atoms with Crippen molar-refractivity contribution in [3.8, 4) is 33.7 Å². The van der Waals surface area contributed by atoms with E-state index in [0.29, 0.717) is 29.6 Å². The van der Waals surface area contributed by atoms with Crippen molar-refractivity contribution in [2.75, 3.05) is 7.11 Å². The van der Waals surface area contributed by atoms with Gasteiger partial charge in [0.05, 0.1) is 18.3 Å². The molecule has 3 heterocycles. The molecule has 0 spiro atoms. The summed E-state index contributed by atoms with van der Waals surface area (Å²) in [7, 11) is 1.63. The van der Waals surface area contributed by atoms with Crippen LogP contribution >= 0.6 is 11.3 Å². The number of aryl methyl sites for hydroxylation is 4. The Balaban J connectivity index is 1.53. The van der Waals surface area contributed by atoms with Crippen LogP contribution in [0.1, 0.15) is 34.3 Å². The fraction of sp³-hybridized carbons (Fsp3) is 0.233. The average Bonchev–Trinajstić information content (AvgIpc) is 3.29. The molecular weight excluding hydrogens is 482 g/mol. The molecule has 0 saturated heterocycles. The first-order valence-electron chi connectivity index (χ1n) is 12.2. The summed E-state index contributed by atoms with van der Waals surface area (Å²) in [6.07, 6.45) is 2.68. The van der Waals surface area contributed by atoms with E-state index in [1.54, 1.807) is 24.6 Å². The Labute approximate surface area is 220 Å². The van der Waals surface area contributed by atoms with Crippen LogP contribution in [0.5, 0.6) is 23.0 Å². The van der Waals surface area contributed by atoms with E-state index in [2.05, 4.69) is 11.9 Å². The maximum Gasteiger partial charge on any atom is 0.163 e. The molecule has 0 aliphatic heterocycles. The van der Waals surface area contributed by atoms with Gasteiger partial charge >= 0.3 is 0 Å². The van der Waals surface area contributed by atoms with Crippen molar-refractivity contribution < 1.29 is 14.2 Å². The molecular formula is C30H29N3O3S. The summed E-state index contributed by atoms with van der Waals surface area (Å²) in [4.78, 5) is 15.5. The molecule has 5 aromatic rings. The molecule has 0 fully saturated rings. The third-order valence-electron chi connectivity index (χ3n) is 6.29. The number of pyridine rings is 2. The van der Waals surface area contributed by atoms with Crippen molar-refractivity contribution in [1.29, 1.82) is 0 Å². The maximum absolute atomic E-state index is 6.53. The first-order valence-corrected chi connectivity index (χ1v) is 13.0. The van der Waals surface area contributed by atoms with Crippen LogP contribution in [0.25, 0.3) is 21.6 Å². The molecule has 0 saturated carbocycles. The fourth-order valence-electron chi connectivity index (χ4n) is 4.11. The Kier molecular flexibility index (Phi) is 7.06. The van der Waals surface area contributed by atoms with Crippen LogP contribution < -0.4 is 14.2 Å². The number of fused-ring (bicyclic) bond motifs is 1. The molecule has 0 aliphatic carbocycles. The highest BCUT2D eigenvalue weighted by atomic mass is 32.1. The number of hydrogen-bond donors (Lipinski definition) is 0. The zero-order chi connectivity index (χ0) is 25.9. The van der Waals surface area contributed by atoms with Crippen molar-refractivity contribution in [3.05, 3.63) is 88.2 Å².